The van der Waals surface area contributed by atoms with Crippen LogP contribution in [0.25, 0.3) is 5.57 Å². The molecule has 0 aliphatic heterocycles. The molecule has 0 saturated carbocycles. The lowest BCUT2D eigenvalue weighted by Gasteiger charge is -2.22. The average molecular weight is 380 g/mol. The van der Waals surface area contributed by atoms with E-state index in [4.69, 9.17) is 9.97 Å². The van der Waals surface area contributed by atoms with Crippen LogP contribution in [0.3, 0.4) is 0 Å². The molecule has 0 aliphatic carbocycles. The van der Waals surface area contributed by atoms with E-state index in [2.05, 4.69) is 91.9 Å². The minimum Gasteiger partial charge on any atom is -0.256 e. The molecule has 0 saturated heterocycles. The molecule has 2 heterocycles. The van der Waals surface area contributed by atoms with Crippen LogP contribution in [-0.4, -0.2) is 9.97 Å². The highest BCUT2D eigenvalue weighted by Gasteiger charge is 2.22. The molecule has 4 rings (SSSR count). The molecule has 0 bridgehead atoms. The summed E-state index contributed by atoms with van der Waals surface area (Å²) in [6.07, 6.45) is 3.73. The summed E-state index contributed by atoms with van der Waals surface area (Å²) in [6, 6.07) is 33.4. The molecule has 0 unspecified atom stereocenters. The van der Waals surface area contributed by atoms with Crippen molar-refractivity contribution >= 4 is 24.4 Å². The number of hydrogen-bond acceptors (Lipinski definition) is 2. The molecular weight excluding hydrogens is 359 g/mol. The van der Waals surface area contributed by atoms with Gasteiger partial charge >= 0.3 is 0 Å². The molecule has 0 amide bonds. The third-order valence-corrected chi connectivity index (χ3v) is 6.92. The topological polar surface area (TPSA) is 25.8 Å². The lowest BCUT2D eigenvalue weighted by molar-refractivity contribution is 1.37. The Labute approximate surface area is 167 Å². The van der Waals surface area contributed by atoms with Crippen molar-refractivity contribution in [2.24, 2.45) is 0 Å². The van der Waals surface area contributed by atoms with Crippen LogP contribution in [0.4, 0.5) is 0 Å². The summed E-state index contributed by atoms with van der Waals surface area (Å²) in [5, 5.41) is 1.30. The van der Waals surface area contributed by atoms with Crippen molar-refractivity contribution in [3.63, 3.8) is 0 Å². The summed E-state index contributed by atoms with van der Waals surface area (Å²) in [7, 11) is -0.841. The Morgan fingerprint density at radius 2 is 1.00 bits per heavy atom. The summed E-state index contributed by atoms with van der Waals surface area (Å²) in [5.41, 5.74) is 5.82. The number of aromatic nitrogens is 2. The number of hydrogen-bond donors (Lipinski definition) is 0. The summed E-state index contributed by atoms with van der Waals surface area (Å²) >= 11 is 0. The zero-order valence-electron chi connectivity index (χ0n) is 15.7. The Balaban J connectivity index is 1.97. The molecule has 136 valence electrons. The number of benzene rings is 2. The summed E-state index contributed by atoms with van der Waals surface area (Å²) < 4.78 is 0. The molecule has 0 aliphatic rings. The molecule has 0 N–H and O–H groups in total. The van der Waals surface area contributed by atoms with E-state index < -0.39 is 7.92 Å². The fourth-order valence-corrected chi connectivity index (χ4v) is 5.58. The second-order valence-corrected chi connectivity index (χ2v) is 8.66. The molecule has 4 aromatic rings. The predicted octanol–water partition coefficient (Wildman–Crippen LogP) is 5.39. The van der Waals surface area contributed by atoms with Gasteiger partial charge in [-0.2, -0.15) is 0 Å². The lowest BCUT2D eigenvalue weighted by Crippen LogP contribution is -2.18. The van der Waals surface area contributed by atoms with Crippen molar-refractivity contribution in [3.05, 3.63) is 126 Å². The smallest absolute Gasteiger partial charge is 0.0734 e. The van der Waals surface area contributed by atoms with Crippen LogP contribution >= 0.6 is 7.92 Å². The van der Waals surface area contributed by atoms with Crippen LogP contribution in [0.1, 0.15) is 18.1 Å². The monoisotopic (exact) mass is 380 g/mol. The van der Waals surface area contributed by atoms with E-state index in [1.165, 1.54) is 22.0 Å². The Hall–Kier alpha value is -3.09. The van der Waals surface area contributed by atoms with E-state index in [9.17, 15) is 0 Å². The molecule has 2 aromatic carbocycles. The van der Waals surface area contributed by atoms with E-state index in [0.717, 1.165) is 10.9 Å². The van der Waals surface area contributed by atoms with E-state index in [1.807, 2.05) is 24.5 Å². The van der Waals surface area contributed by atoms with Gasteiger partial charge in [-0.3, -0.25) is 9.97 Å². The number of rotatable bonds is 5. The van der Waals surface area contributed by atoms with Gasteiger partial charge < -0.3 is 0 Å². The Morgan fingerprint density at radius 3 is 1.39 bits per heavy atom. The Kier molecular flexibility index (Phi) is 5.70. The third-order valence-electron chi connectivity index (χ3n) is 4.58. The summed E-state index contributed by atoms with van der Waals surface area (Å²) in [4.78, 5) is 9.40. The van der Waals surface area contributed by atoms with Crippen LogP contribution < -0.4 is 10.9 Å². The third kappa shape index (κ3) is 3.93. The van der Waals surface area contributed by atoms with Gasteiger partial charge in [0, 0.05) is 20.3 Å². The summed E-state index contributed by atoms with van der Waals surface area (Å²) in [6.45, 7) is 2.23. The predicted molar refractivity (Wildman–Crippen MR) is 119 cm³/mol. The van der Waals surface area contributed by atoms with Gasteiger partial charge in [0.25, 0.3) is 0 Å². The van der Waals surface area contributed by atoms with Crippen LogP contribution in [0.5, 0.6) is 0 Å². The zero-order valence-corrected chi connectivity index (χ0v) is 16.6. The van der Waals surface area contributed by atoms with Gasteiger partial charge in [-0.1, -0.05) is 72.8 Å². The highest BCUT2D eigenvalue weighted by Crippen LogP contribution is 2.46. The lowest BCUT2D eigenvalue weighted by atomic mass is 9.98. The highest BCUT2D eigenvalue weighted by atomic mass is 31.1. The van der Waals surface area contributed by atoms with Gasteiger partial charge in [0.1, 0.15) is 0 Å². The van der Waals surface area contributed by atoms with Gasteiger partial charge in [-0.15, -0.1) is 0 Å². The van der Waals surface area contributed by atoms with E-state index >= 15 is 0 Å². The second-order valence-electron chi connectivity index (χ2n) is 6.40. The molecule has 0 atom stereocenters. The first-order valence-corrected chi connectivity index (χ1v) is 10.6. The SMILES string of the molecule is CC(=C(c1ccccc1)c1ccccc1)P(c1ccccn1)c1ccccn1. The Morgan fingerprint density at radius 1 is 0.571 bits per heavy atom. The van der Waals surface area contributed by atoms with Crippen molar-refractivity contribution < 1.29 is 0 Å². The first kappa shape index (κ1) is 18.3. The maximum absolute atomic E-state index is 4.70. The molecule has 0 fully saturated rings. The van der Waals surface area contributed by atoms with Crippen molar-refractivity contribution in [2.45, 2.75) is 6.92 Å². The van der Waals surface area contributed by atoms with Crippen LogP contribution in [0.15, 0.2) is 115 Å². The van der Waals surface area contributed by atoms with Crippen molar-refractivity contribution in [1.29, 1.82) is 0 Å². The van der Waals surface area contributed by atoms with E-state index in [0.29, 0.717) is 0 Å². The molecular formula is C25H21N2P. The largest absolute Gasteiger partial charge is 0.256 e. The molecule has 28 heavy (non-hydrogen) atoms. The first-order chi connectivity index (χ1) is 13.8. The van der Waals surface area contributed by atoms with Gasteiger partial charge in [0.15, 0.2) is 0 Å². The molecule has 0 radical (unpaired) electrons. The van der Waals surface area contributed by atoms with E-state index in [1.54, 1.807) is 0 Å². The number of pyridine rings is 2. The fourth-order valence-electron chi connectivity index (χ4n) is 3.34. The van der Waals surface area contributed by atoms with Gasteiger partial charge in [-0.25, -0.2) is 0 Å². The number of nitrogens with zero attached hydrogens (tertiary/aromatic N) is 2. The normalized spacial score (nSPS) is 10.6. The number of allylic oxidation sites excluding steroid dienone is 1. The zero-order chi connectivity index (χ0) is 19.2. The molecule has 3 heteroatoms. The quantitative estimate of drug-likeness (QED) is 0.434. The van der Waals surface area contributed by atoms with Crippen molar-refractivity contribution in [2.75, 3.05) is 0 Å². The molecule has 2 nitrogen and oxygen atoms in total. The van der Waals surface area contributed by atoms with Crippen LogP contribution in [-0.2, 0) is 0 Å². The van der Waals surface area contributed by atoms with Gasteiger partial charge in [0.05, 0.1) is 10.9 Å². The Bertz CT molecular complexity index is 966. The first-order valence-electron chi connectivity index (χ1n) is 9.28. The minimum atomic E-state index is -0.841. The highest BCUT2D eigenvalue weighted by molar-refractivity contribution is 7.76. The maximum atomic E-state index is 4.70. The average Bonchev–Trinajstić information content (AvgIpc) is 2.77. The van der Waals surface area contributed by atoms with Crippen LogP contribution in [0.2, 0.25) is 0 Å². The maximum Gasteiger partial charge on any atom is 0.0734 e. The second kappa shape index (κ2) is 8.73. The van der Waals surface area contributed by atoms with Gasteiger partial charge in [0.2, 0.25) is 0 Å². The van der Waals surface area contributed by atoms with Crippen molar-refractivity contribution in [3.8, 4) is 0 Å². The minimum absolute atomic E-state index is 0.841. The summed E-state index contributed by atoms with van der Waals surface area (Å²) in [5.74, 6) is 0. The van der Waals surface area contributed by atoms with Crippen LogP contribution in [0, 0.1) is 0 Å². The fraction of sp³-hybridized carbons (Fsp3) is 0.0400. The van der Waals surface area contributed by atoms with Gasteiger partial charge in [-0.05, 0) is 53.2 Å². The van der Waals surface area contributed by atoms with Crippen molar-refractivity contribution in [1.82, 2.24) is 9.97 Å². The molecule has 2 aromatic heterocycles. The van der Waals surface area contributed by atoms with E-state index in [-0.39, 0.29) is 0 Å². The standard InChI is InChI=1S/C25H21N2P/c1-20(25(21-12-4-2-5-13-21)22-14-6-3-7-15-22)28(23-16-8-10-18-26-23)24-17-9-11-19-27-24/h2-19H,1H3. The molecule has 0 spiro atoms.